The molecule has 3 aromatic carbocycles. The maximum Gasteiger partial charge on any atom is 0.143 e. The molecule has 32 heavy (non-hydrogen) atoms. The van der Waals surface area contributed by atoms with E-state index in [1.165, 1.54) is 16.8 Å². The number of aliphatic hydroxyl groups is 1. The van der Waals surface area contributed by atoms with E-state index in [4.69, 9.17) is 9.47 Å². The third-order valence-corrected chi connectivity index (χ3v) is 6.57. The zero-order chi connectivity index (χ0) is 21.9. The van der Waals surface area contributed by atoms with Gasteiger partial charge in [0.25, 0.3) is 0 Å². The van der Waals surface area contributed by atoms with Crippen LogP contribution in [0.1, 0.15) is 17.5 Å². The summed E-state index contributed by atoms with van der Waals surface area (Å²) in [4.78, 5) is 4.81. The lowest BCUT2D eigenvalue weighted by atomic mass is 10.1. The highest BCUT2D eigenvalue weighted by atomic mass is 16.5. The Morgan fingerprint density at radius 1 is 0.969 bits per heavy atom. The average Bonchev–Trinajstić information content (AvgIpc) is 3.11. The fourth-order valence-corrected chi connectivity index (χ4v) is 4.88. The number of methoxy groups -OCH3 is 1. The molecule has 1 fully saturated rings. The lowest BCUT2D eigenvalue weighted by Crippen LogP contribution is -2.39. The average molecular weight is 431 g/mol. The fourth-order valence-electron chi connectivity index (χ4n) is 4.88. The first kappa shape index (κ1) is 20.9. The Morgan fingerprint density at radius 3 is 2.53 bits per heavy atom. The van der Waals surface area contributed by atoms with Crippen molar-refractivity contribution in [1.82, 2.24) is 4.90 Å². The Kier molecular flexibility index (Phi) is 6.02. The summed E-state index contributed by atoms with van der Waals surface area (Å²) in [5.74, 6) is 1.79. The molecular weight excluding hydrogens is 400 g/mol. The quantitative estimate of drug-likeness (QED) is 0.628. The first-order chi connectivity index (χ1) is 15.7. The maximum atomic E-state index is 10.5. The number of rotatable bonds is 6. The van der Waals surface area contributed by atoms with Crippen LogP contribution in [0.15, 0.2) is 72.8 Å². The van der Waals surface area contributed by atoms with Gasteiger partial charge in [-0.2, -0.15) is 0 Å². The number of hydrogen-bond acceptors (Lipinski definition) is 5. The van der Waals surface area contributed by atoms with Crippen molar-refractivity contribution in [2.45, 2.75) is 31.6 Å². The second-order valence-electron chi connectivity index (χ2n) is 8.63. The molecule has 1 N–H and O–H groups in total. The van der Waals surface area contributed by atoms with Gasteiger partial charge in [-0.15, -0.1) is 0 Å². The molecule has 2 heterocycles. The first-order valence-corrected chi connectivity index (χ1v) is 11.3. The number of fused-ring (bicyclic) bond motifs is 2. The minimum absolute atomic E-state index is 0.266. The molecule has 0 amide bonds. The number of ether oxygens (including phenoxy) is 2. The van der Waals surface area contributed by atoms with Crippen LogP contribution >= 0.6 is 0 Å². The predicted molar refractivity (Wildman–Crippen MR) is 127 cm³/mol. The van der Waals surface area contributed by atoms with Gasteiger partial charge in [0.2, 0.25) is 0 Å². The normalized spacial score (nSPS) is 20.2. The van der Waals surface area contributed by atoms with Crippen molar-refractivity contribution in [2.24, 2.45) is 0 Å². The van der Waals surface area contributed by atoms with Crippen molar-refractivity contribution in [3.05, 3.63) is 83.9 Å². The Balaban J connectivity index is 1.37. The van der Waals surface area contributed by atoms with Crippen LogP contribution in [-0.4, -0.2) is 48.9 Å². The van der Waals surface area contributed by atoms with E-state index in [0.717, 1.165) is 43.1 Å². The number of aliphatic hydroxyl groups excluding tert-OH is 1. The number of hydrogen-bond donors (Lipinski definition) is 1. The third kappa shape index (κ3) is 4.31. The molecule has 0 bridgehead atoms. The smallest absolute Gasteiger partial charge is 0.143 e. The Bertz CT molecular complexity index is 1010. The van der Waals surface area contributed by atoms with Crippen LogP contribution in [0.4, 0.5) is 11.4 Å². The Hall–Kier alpha value is -3.02. The first-order valence-electron chi connectivity index (χ1n) is 11.3. The van der Waals surface area contributed by atoms with E-state index in [1.807, 2.05) is 24.3 Å². The molecule has 0 spiro atoms. The molecule has 2 aliphatic heterocycles. The third-order valence-electron chi connectivity index (χ3n) is 6.57. The molecule has 2 atom stereocenters. The summed E-state index contributed by atoms with van der Waals surface area (Å²) in [7, 11) is 1.69. The molecule has 5 rings (SSSR count). The van der Waals surface area contributed by atoms with E-state index in [9.17, 15) is 5.11 Å². The summed E-state index contributed by atoms with van der Waals surface area (Å²) in [5.41, 5.74) is 4.75. The van der Waals surface area contributed by atoms with Crippen LogP contribution in [0.3, 0.4) is 0 Å². The van der Waals surface area contributed by atoms with Crippen LogP contribution in [0.2, 0.25) is 0 Å². The summed E-state index contributed by atoms with van der Waals surface area (Å²) in [6.45, 7) is 3.02. The molecule has 1 saturated heterocycles. The zero-order valence-electron chi connectivity index (χ0n) is 18.5. The molecule has 0 radical (unpaired) electrons. The molecule has 166 valence electrons. The highest BCUT2D eigenvalue weighted by Crippen LogP contribution is 2.40. The van der Waals surface area contributed by atoms with Crippen LogP contribution in [0.5, 0.6) is 11.5 Å². The maximum absolute atomic E-state index is 10.5. The molecule has 0 aliphatic carbocycles. The van der Waals surface area contributed by atoms with Crippen molar-refractivity contribution >= 4 is 11.4 Å². The molecular formula is C27H30N2O3. The fraction of sp³-hybridized carbons (Fsp3) is 0.333. The van der Waals surface area contributed by atoms with Gasteiger partial charge in [0.1, 0.15) is 18.1 Å². The topological polar surface area (TPSA) is 45.2 Å². The molecule has 0 saturated carbocycles. The van der Waals surface area contributed by atoms with E-state index in [2.05, 4.69) is 58.3 Å². The lowest BCUT2D eigenvalue weighted by molar-refractivity contribution is 0.175. The Morgan fingerprint density at radius 2 is 1.72 bits per heavy atom. The Labute approximate surface area is 189 Å². The second kappa shape index (κ2) is 9.23. The van der Waals surface area contributed by atoms with E-state index in [0.29, 0.717) is 13.2 Å². The highest BCUT2D eigenvalue weighted by molar-refractivity contribution is 5.72. The number of benzene rings is 3. The van der Waals surface area contributed by atoms with Gasteiger partial charge in [-0.3, -0.25) is 4.90 Å². The van der Waals surface area contributed by atoms with E-state index < -0.39 is 0 Å². The minimum atomic E-state index is -0.287. The second-order valence-corrected chi connectivity index (χ2v) is 8.63. The molecule has 0 aromatic heterocycles. The predicted octanol–water partition coefficient (Wildman–Crippen LogP) is 4.40. The summed E-state index contributed by atoms with van der Waals surface area (Å²) in [6, 6.07) is 25.3. The van der Waals surface area contributed by atoms with Crippen LogP contribution < -0.4 is 14.4 Å². The van der Waals surface area contributed by atoms with Crippen molar-refractivity contribution in [1.29, 1.82) is 0 Å². The molecule has 5 heteroatoms. The van der Waals surface area contributed by atoms with Gasteiger partial charge in [-0.25, -0.2) is 0 Å². The van der Waals surface area contributed by atoms with Crippen molar-refractivity contribution < 1.29 is 14.6 Å². The monoisotopic (exact) mass is 430 g/mol. The summed E-state index contributed by atoms with van der Waals surface area (Å²) in [5, 5.41) is 10.5. The summed E-state index contributed by atoms with van der Waals surface area (Å²) >= 11 is 0. The number of anilines is 2. The number of para-hydroxylation sites is 3. The molecule has 0 unspecified atom stereocenters. The SMILES string of the molecule is COc1ccc(CCN2C[C@@H](O)C[C@@H]2CN2c3ccccc3COc3ccccc32)cc1. The van der Waals surface area contributed by atoms with Gasteiger partial charge < -0.3 is 19.5 Å². The lowest BCUT2D eigenvalue weighted by Gasteiger charge is -2.32. The molecule has 5 nitrogen and oxygen atoms in total. The zero-order valence-corrected chi connectivity index (χ0v) is 18.5. The van der Waals surface area contributed by atoms with Crippen molar-refractivity contribution in [3.63, 3.8) is 0 Å². The molecule has 2 aliphatic rings. The van der Waals surface area contributed by atoms with Crippen LogP contribution in [0, 0.1) is 0 Å². The molecule has 3 aromatic rings. The number of likely N-dealkylation sites (tertiary alicyclic amines) is 1. The summed E-state index contributed by atoms with van der Waals surface area (Å²) in [6.07, 6.45) is 1.44. The van der Waals surface area contributed by atoms with Crippen molar-refractivity contribution in [2.75, 3.05) is 31.6 Å². The van der Waals surface area contributed by atoms with E-state index in [1.54, 1.807) is 7.11 Å². The van der Waals surface area contributed by atoms with Gasteiger partial charge in [0.05, 0.1) is 18.9 Å². The van der Waals surface area contributed by atoms with Crippen LogP contribution in [-0.2, 0) is 13.0 Å². The minimum Gasteiger partial charge on any atom is -0.497 e. The number of nitrogens with zero attached hydrogens (tertiary/aromatic N) is 2. The van der Waals surface area contributed by atoms with Gasteiger partial charge in [-0.1, -0.05) is 42.5 Å². The van der Waals surface area contributed by atoms with Gasteiger partial charge in [0.15, 0.2) is 0 Å². The number of β-amino-alcohol motifs (C(OH)–C–C–N with tert-alkyl or cyclic N) is 1. The van der Waals surface area contributed by atoms with Gasteiger partial charge in [-0.05, 0) is 48.7 Å². The van der Waals surface area contributed by atoms with Gasteiger partial charge in [0, 0.05) is 36.9 Å². The highest BCUT2D eigenvalue weighted by Gasteiger charge is 2.33. The van der Waals surface area contributed by atoms with E-state index >= 15 is 0 Å². The summed E-state index contributed by atoms with van der Waals surface area (Å²) < 4.78 is 11.4. The van der Waals surface area contributed by atoms with E-state index in [-0.39, 0.29) is 12.1 Å². The standard InChI is InChI=1S/C27H30N2O3/c1-31-24-12-10-20(11-13-24)14-15-28-18-23(30)16-22(28)17-29-25-7-3-2-6-21(25)19-32-27-9-5-4-8-26(27)29/h2-13,22-23,30H,14-19H2,1H3/t22-,23+/m1/s1. The largest absolute Gasteiger partial charge is 0.497 e. The van der Waals surface area contributed by atoms with Crippen LogP contribution in [0.25, 0.3) is 0 Å². The van der Waals surface area contributed by atoms with Gasteiger partial charge >= 0.3 is 0 Å². The van der Waals surface area contributed by atoms with Crippen molar-refractivity contribution in [3.8, 4) is 11.5 Å².